The van der Waals surface area contributed by atoms with Gasteiger partial charge in [-0.25, -0.2) is 0 Å². The summed E-state index contributed by atoms with van der Waals surface area (Å²) in [7, 11) is -10.4. The molecule has 0 aromatic rings. The van der Waals surface area contributed by atoms with Crippen LogP contribution < -0.4 is 19.6 Å². The second-order valence-electron chi connectivity index (χ2n) is 12.7. The summed E-state index contributed by atoms with van der Waals surface area (Å²) < 4.78 is 42.1. The third kappa shape index (κ3) is 19.3. The van der Waals surface area contributed by atoms with E-state index in [1.165, 1.54) is 0 Å². The van der Waals surface area contributed by atoms with Crippen LogP contribution in [0.5, 0.6) is 0 Å². The first-order valence-electron chi connectivity index (χ1n) is 12.4. The molecule has 0 saturated carbocycles. The fourth-order valence-electron chi connectivity index (χ4n) is 0.943. The monoisotopic (exact) mass is 644 g/mol. The van der Waals surface area contributed by atoms with Gasteiger partial charge >= 0.3 is 21.7 Å². The van der Waals surface area contributed by atoms with E-state index in [-0.39, 0.29) is 45.4 Å². The van der Waals surface area contributed by atoms with Crippen LogP contribution in [0.4, 0.5) is 0 Å². The Balaban J connectivity index is -0.000000122. The van der Waals surface area contributed by atoms with Gasteiger partial charge in [-0.05, 0) is 23.7 Å². The Kier molecular flexibility index (Phi) is 26.5. The van der Waals surface area contributed by atoms with Crippen LogP contribution >= 0.6 is 32.1 Å². The molecule has 37 heavy (non-hydrogen) atoms. The molecule has 4 atom stereocenters. The minimum absolute atomic E-state index is 0. The Morgan fingerprint density at radius 2 is 0.459 bits per heavy atom. The maximum atomic E-state index is 10.5. The molecule has 0 bridgehead atoms. The van der Waals surface area contributed by atoms with Crippen LogP contribution in [-0.4, -0.2) is 20.6 Å². The van der Waals surface area contributed by atoms with Crippen molar-refractivity contribution in [1.29, 1.82) is 0 Å². The Hall–Kier alpha value is 1.47. The first-order valence-corrected chi connectivity index (χ1v) is 17.7. The van der Waals surface area contributed by atoms with Crippen LogP contribution in [0.1, 0.15) is 111 Å². The van der Waals surface area contributed by atoms with Crippen molar-refractivity contribution in [3.05, 3.63) is 0 Å². The molecule has 4 unspecified atom stereocenters. The van der Waals surface area contributed by atoms with Crippen LogP contribution in [0.25, 0.3) is 0 Å². The molecular weight excluding hydrogens is 588 g/mol. The molecule has 8 nitrogen and oxygen atoms in total. The Labute approximate surface area is 245 Å². The fourth-order valence-corrected chi connectivity index (χ4v) is 2.83. The average Bonchev–Trinajstić information content (AvgIpc) is 2.68. The molecular formula is C24H56O8P4Ti. The quantitative estimate of drug-likeness (QED) is 0.263. The first-order chi connectivity index (χ1) is 15.5. The Morgan fingerprint density at radius 1 is 0.378 bits per heavy atom. The molecule has 0 saturated heterocycles. The standard InChI is InChI=1S/4C6H15O2P.Ti/c4*1-5(2)6(3,4)9(7)8;/h4*5,9H,1-4H3,(H,7,8);/q;;;;+4/p-4. The van der Waals surface area contributed by atoms with Gasteiger partial charge < -0.3 is 37.8 Å². The zero-order valence-electron chi connectivity index (χ0n) is 26.1. The minimum Gasteiger partial charge on any atom is -0.801 e. The summed E-state index contributed by atoms with van der Waals surface area (Å²) in [5.41, 5.74) is 0. The molecule has 0 aliphatic heterocycles. The summed E-state index contributed by atoms with van der Waals surface area (Å²) in [6.07, 6.45) is 0. The van der Waals surface area contributed by atoms with E-state index in [2.05, 4.69) is 0 Å². The third-order valence-electron chi connectivity index (χ3n) is 7.88. The Morgan fingerprint density at radius 3 is 0.459 bits per heavy atom. The van der Waals surface area contributed by atoms with Crippen LogP contribution in [0.15, 0.2) is 0 Å². The minimum atomic E-state index is -2.61. The molecule has 0 aromatic carbocycles. The van der Waals surface area contributed by atoms with Crippen LogP contribution in [0.3, 0.4) is 0 Å². The van der Waals surface area contributed by atoms with E-state index in [1.54, 1.807) is 55.4 Å². The van der Waals surface area contributed by atoms with Crippen LogP contribution in [-0.2, 0) is 40.0 Å². The van der Waals surface area contributed by atoms with Crippen LogP contribution in [0.2, 0.25) is 0 Å². The SMILES string of the molecule is CC(C)C(C)(C)[PH](=O)[O-].CC(C)C(C)(C)[PH](=O)[O-].CC(C)C(C)(C)[PH](=O)[O-].CC(C)C(C)(C)[PH](=O)[O-].[Ti+4]. The maximum Gasteiger partial charge on any atom is 4.00 e. The molecule has 0 aliphatic carbocycles. The van der Waals surface area contributed by atoms with Gasteiger partial charge in [-0.1, -0.05) is 111 Å². The normalized spacial score (nSPS) is 15.8. The summed E-state index contributed by atoms with van der Waals surface area (Å²) in [5.74, 6) is 0.838. The van der Waals surface area contributed by atoms with Gasteiger partial charge in [0.2, 0.25) is 0 Å². The van der Waals surface area contributed by atoms with Crippen molar-refractivity contribution >= 4 is 32.1 Å². The molecule has 0 aliphatic rings. The molecule has 0 aromatic heterocycles. The molecule has 0 heterocycles. The van der Waals surface area contributed by atoms with Crippen molar-refractivity contribution in [2.75, 3.05) is 0 Å². The molecule has 13 heteroatoms. The van der Waals surface area contributed by atoms with E-state index in [4.69, 9.17) is 0 Å². The predicted octanol–water partition coefficient (Wildman–Crippen LogP) is 5.02. The number of hydrogen-bond donors (Lipinski definition) is 0. The number of rotatable bonds is 8. The van der Waals surface area contributed by atoms with E-state index < -0.39 is 52.7 Å². The van der Waals surface area contributed by atoms with Crippen molar-refractivity contribution in [3.8, 4) is 0 Å². The molecule has 0 spiro atoms. The van der Waals surface area contributed by atoms with E-state index in [9.17, 15) is 37.8 Å². The van der Waals surface area contributed by atoms with Crippen molar-refractivity contribution < 1.29 is 59.6 Å². The van der Waals surface area contributed by atoms with Crippen molar-refractivity contribution in [2.45, 2.75) is 131 Å². The summed E-state index contributed by atoms with van der Waals surface area (Å²) >= 11 is 0. The molecule has 224 valence electrons. The molecule has 0 fully saturated rings. The predicted molar refractivity (Wildman–Crippen MR) is 152 cm³/mol. The van der Waals surface area contributed by atoms with Gasteiger partial charge in [-0.2, -0.15) is 0 Å². The fraction of sp³-hybridized carbons (Fsp3) is 1.00. The van der Waals surface area contributed by atoms with Crippen molar-refractivity contribution in [2.24, 2.45) is 23.7 Å². The largest absolute Gasteiger partial charge is 4.00 e. The molecule has 0 amide bonds. The molecule has 0 rings (SSSR count). The smallest absolute Gasteiger partial charge is 0.801 e. The number of hydrogen-bond acceptors (Lipinski definition) is 8. The van der Waals surface area contributed by atoms with Crippen molar-refractivity contribution in [1.82, 2.24) is 0 Å². The van der Waals surface area contributed by atoms with E-state index in [0.717, 1.165) is 0 Å². The zero-order valence-corrected chi connectivity index (χ0v) is 31.6. The van der Waals surface area contributed by atoms with Gasteiger partial charge in [0.15, 0.2) is 0 Å². The summed E-state index contributed by atoms with van der Waals surface area (Å²) in [5, 5.41) is -2.04. The van der Waals surface area contributed by atoms with Gasteiger partial charge in [0.1, 0.15) is 0 Å². The second kappa shape index (κ2) is 20.4. The van der Waals surface area contributed by atoms with Crippen molar-refractivity contribution in [3.63, 3.8) is 0 Å². The third-order valence-corrected chi connectivity index (χ3v) is 14.4. The van der Waals surface area contributed by atoms with Gasteiger partial charge in [0.25, 0.3) is 0 Å². The van der Waals surface area contributed by atoms with Crippen LogP contribution in [0, 0.1) is 23.7 Å². The molecule has 0 radical (unpaired) electrons. The Bertz CT molecular complexity index is 600. The van der Waals surface area contributed by atoms with E-state index in [0.29, 0.717) is 0 Å². The van der Waals surface area contributed by atoms with E-state index >= 15 is 0 Å². The topological polar surface area (TPSA) is 161 Å². The second-order valence-corrected chi connectivity index (χ2v) is 20.1. The summed E-state index contributed by atoms with van der Waals surface area (Å²) in [4.78, 5) is 42.1. The first kappa shape index (κ1) is 48.2. The van der Waals surface area contributed by atoms with Gasteiger partial charge in [-0.15, -0.1) is 0 Å². The average molecular weight is 644 g/mol. The summed E-state index contributed by atoms with van der Waals surface area (Å²) in [6.45, 7) is 29.4. The summed E-state index contributed by atoms with van der Waals surface area (Å²) in [6, 6.07) is 0. The molecule has 0 N–H and O–H groups in total. The maximum absolute atomic E-state index is 10.5. The van der Waals surface area contributed by atoms with Gasteiger partial charge in [0, 0.05) is 52.7 Å². The van der Waals surface area contributed by atoms with Gasteiger partial charge in [0.05, 0.1) is 0 Å². The zero-order chi connectivity index (χ0) is 30.6. The van der Waals surface area contributed by atoms with Gasteiger partial charge in [-0.3, -0.25) is 0 Å². The van der Waals surface area contributed by atoms with E-state index in [1.807, 2.05) is 55.4 Å².